The Balaban J connectivity index is 2.79. The summed E-state index contributed by atoms with van der Waals surface area (Å²) in [6, 6.07) is 8.28. The number of nitrogens with zero attached hydrogens (tertiary/aromatic N) is 2. The molecule has 0 aliphatic heterocycles. The van der Waals surface area contributed by atoms with Gasteiger partial charge in [-0.15, -0.1) is 0 Å². The fraction of sp³-hybridized carbons (Fsp3) is 0.300. The summed E-state index contributed by atoms with van der Waals surface area (Å²) in [7, 11) is 1.57. The van der Waals surface area contributed by atoms with Crippen molar-refractivity contribution in [3.05, 3.63) is 29.1 Å². The number of fused-ring (bicyclic) bond motifs is 1. The van der Waals surface area contributed by atoms with Crippen molar-refractivity contribution in [2.45, 2.75) is 13.5 Å². The second-order valence-corrected chi connectivity index (χ2v) is 3.88. The lowest BCUT2D eigenvalue weighted by atomic mass is 10.3. The van der Waals surface area contributed by atoms with Crippen LogP contribution < -0.4 is 4.80 Å². The summed E-state index contributed by atoms with van der Waals surface area (Å²) in [5, 5.41) is 4.00. The molecule has 1 aromatic carbocycles. The van der Waals surface area contributed by atoms with Crippen LogP contribution in [-0.2, 0) is 11.4 Å². The van der Waals surface area contributed by atoms with E-state index in [9.17, 15) is 0 Å². The Kier molecular flexibility index (Phi) is 2.54. The third-order valence-corrected chi connectivity index (χ3v) is 3.12. The van der Waals surface area contributed by atoms with Crippen LogP contribution in [0.25, 0.3) is 10.2 Å². The fourth-order valence-electron chi connectivity index (χ4n) is 1.47. The molecule has 14 heavy (non-hydrogen) atoms. The van der Waals surface area contributed by atoms with Gasteiger partial charge in [-0.3, -0.25) is 0 Å². The maximum atomic E-state index is 4.81. The summed E-state index contributed by atoms with van der Waals surface area (Å²) in [4.78, 5) is 5.73. The van der Waals surface area contributed by atoms with Crippen molar-refractivity contribution in [3.63, 3.8) is 0 Å². The predicted octanol–water partition coefficient (Wildman–Crippen LogP) is 2.18. The summed E-state index contributed by atoms with van der Waals surface area (Å²) >= 11 is 1.64. The minimum Gasteiger partial charge on any atom is -0.397 e. The molecule has 2 aromatic rings. The largest absolute Gasteiger partial charge is 0.397 e. The van der Waals surface area contributed by atoms with Gasteiger partial charge in [-0.25, -0.2) is 0 Å². The van der Waals surface area contributed by atoms with E-state index in [1.165, 1.54) is 10.2 Å². The molecule has 0 fully saturated rings. The summed E-state index contributed by atoms with van der Waals surface area (Å²) in [6.07, 6.45) is 0. The van der Waals surface area contributed by atoms with Crippen LogP contribution in [0.5, 0.6) is 0 Å². The van der Waals surface area contributed by atoms with E-state index in [0.717, 1.165) is 11.3 Å². The monoisotopic (exact) mass is 208 g/mol. The van der Waals surface area contributed by atoms with Gasteiger partial charge in [0.1, 0.15) is 7.11 Å². The molecule has 0 aliphatic carbocycles. The normalized spacial score (nSPS) is 12.3. The van der Waals surface area contributed by atoms with Crippen molar-refractivity contribution < 1.29 is 4.84 Å². The van der Waals surface area contributed by atoms with Gasteiger partial charge in [0.25, 0.3) is 0 Å². The molecule has 0 bridgehead atoms. The Morgan fingerprint density at radius 3 is 2.93 bits per heavy atom. The Labute approximate surface area is 86.2 Å². The van der Waals surface area contributed by atoms with Crippen molar-refractivity contribution >= 4 is 21.6 Å². The average Bonchev–Trinajstić information content (AvgIpc) is 2.55. The molecular formula is C10H12N2OS. The number of hydrogen-bond donors (Lipinski definition) is 0. The molecule has 3 nitrogen and oxygen atoms in total. The number of aryl methyl sites for hydroxylation is 1. The van der Waals surface area contributed by atoms with Gasteiger partial charge in [-0.2, -0.15) is 0 Å². The molecule has 2 rings (SSSR count). The van der Waals surface area contributed by atoms with Crippen LogP contribution >= 0.6 is 11.3 Å². The second kappa shape index (κ2) is 3.84. The highest BCUT2D eigenvalue weighted by atomic mass is 32.1. The highest BCUT2D eigenvalue weighted by molar-refractivity contribution is 7.16. The van der Waals surface area contributed by atoms with E-state index < -0.39 is 0 Å². The zero-order chi connectivity index (χ0) is 9.97. The number of benzene rings is 1. The first-order chi connectivity index (χ1) is 6.86. The van der Waals surface area contributed by atoms with Crippen molar-refractivity contribution in [2.75, 3.05) is 7.11 Å². The lowest BCUT2D eigenvalue weighted by molar-refractivity contribution is 0.198. The molecule has 0 spiro atoms. The van der Waals surface area contributed by atoms with Crippen LogP contribution in [-0.4, -0.2) is 11.7 Å². The van der Waals surface area contributed by atoms with Crippen LogP contribution in [0.2, 0.25) is 0 Å². The number of aromatic nitrogens is 1. The van der Waals surface area contributed by atoms with Gasteiger partial charge in [0.05, 0.1) is 10.2 Å². The minimum absolute atomic E-state index is 0.909. The molecule has 1 aromatic heterocycles. The van der Waals surface area contributed by atoms with Gasteiger partial charge in [0.2, 0.25) is 4.80 Å². The lowest BCUT2D eigenvalue weighted by Crippen LogP contribution is -2.13. The third kappa shape index (κ3) is 1.42. The SMILES string of the molecule is CCn1c(=NOC)sc2ccccc21. The first-order valence-corrected chi connectivity index (χ1v) is 5.34. The van der Waals surface area contributed by atoms with Crippen LogP contribution in [0.4, 0.5) is 0 Å². The Bertz CT molecular complexity index is 498. The highest BCUT2D eigenvalue weighted by Gasteiger charge is 2.02. The van der Waals surface area contributed by atoms with E-state index in [2.05, 4.69) is 28.8 Å². The van der Waals surface area contributed by atoms with E-state index in [0.29, 0.717) is 0 Å². The molecule has 0 saturated heterocycles. The maximum Gasteiger partial charge on any atom is 0.228 e. The van der Waals surface area contributed by atoms with Crippen molar-refractivity contribution in [1.29, 1.82) is 0 Å². The average molecular weight is 208 g/mol. The first kappa shape index (κ1) is 9.27. The van der Waals surface area contributed by atoms with E-state index in [4.69, 9.17) is 4.84 Å². The number of rotatable bonds is 2. The quantitative estimate of drug-likeness (QED) is 0.695. The molecular weight excluding hydrogens is 196 g/mol. The molecule has 0 amide bonds. The van der Waals surface area contributed by atoms with Gasteiger partial charge in [0, 0.05) is 6.54 Å². The van der Waals surface area contributed by atoms with Gasteiger partial charge in [-0.1, -0.05) is 28.6 Å². The zero-order valence-corrected chi connectivity index (χ0v) is 9.04. The minimum atomic E-state index is 0.909. The fourth-order valence-corrected chi connectivity index (χ4v) is 2.55. The van der Waals surface area contributed by atoms with E-state index in [1.807, 2.05) is 12.1 Å². The van der Waals surface area contributed by atoms with Gasteiger partial charge in [-0.05, 0) is 19.1 Å². The number of thiazole rings is 1. The second-order valence-electron chi connectivity index (χ2n) is 2.87. The molecule has 0 saturated carbocycles. The lowest BCUT2D eigenvalue weighted by Gasteiger charge is -1.98. The van der Waals surface area contributed by atoms with E-state index >= 15 is 0 Å². The van der Waals surface area contributed by atoms with E-state index in [-0.39, 0.29) is 0 Å². The highest BCUT2D eigenvalue weighted by Crippen LogP contribution is 2.16. The Morgan fingerprint density at radius 1 is 1.43 bits per heavy atom. The van der Waals surface area contributed by atoms with Crippen LogP contribution in [0.15, 0.2) is 29.4 Å². The van der Waals surface area contributed by atoms with Gasteiger partial charge >= 0.3 is 0 Å². The molecule has 0 N–H and O–H groups in total. The predicted molar refractivity (Wildman–Crippen MR) is 58.1 cm³/mol. The zero-order valence-electron chi connectivity index (χ0n) is 8.23. The van der Waals surface area contributed by atoms with Crippen molar-refractivity contribution in [1.82, 2.24) is 4.57 Å². The first-order valence-electron chi connectivity index (χ1n) is 4.52. The molecule has 0 aliphatic rings. The summed E-state index contributed by atoms with van der Waals surface area (Å²) in [5.74, 6) is 0. The third-order valence-electron chi connectivity index (χ3n) is 2.07. The molecule has 1 heterocycles. The van der Waals surface area contributed by atoms with Crippen LogP contribution in [0.3, 0.4) is 0 Å². The smallest absolute Gasteiger partial charge is 0.228 e. The summed E-state index contributed by atoms with van der Waals surface area (Å²) in [5.41, 5.74) is 1.22. The standard InChI is InChI=1S/C10H12N2OS/c1-3-12-8-6-4-5-7-9(8)14-10(12)11-13-2/h4-7H,3H2,1-2H3. The molecule has 0 atom stereocenters. The van der Waals surface area contributed by atoms with E-state index in [1.54, 1.807) is 18.4 Å². The number of hydrogen-bond acceptors (Lipinski definition) is 3. The molecule has 4 heteroatoms. The number of para-hydroxylation sites is 1. The van der Waals surface area contributed by atoms with Crippen molar-refractivity contribution in [2.24, 2.45) is 5.16 Å². The molecule has 0 unspecified atom stereocenters. The summed E-state index contributed by atoms with van der Waals surface area (Å²) in [6.45, 7) is 3.01. The summed E-state index contributed by atoms with van der Waals surface area (Å²) < 4.78 is 3.38. The van der Waals surface area contributed by atoms with Crippen LogP contribution in [0.1, 0.15) is 6.92 Å². The van der Waals surface area contributed by atoms with Gasteiger partial charge in [0.15, 0.2) is 0 Å². The van der Waals surface area contributed by atoms with Crippen molar-refractivity contribution in [3.8, 4) is 0 Å². The Hall–Kier alpha value is -1.29. The molecule has 74 valence electrons. The molecule has 0 radical (unpaired) electrons. The Morgan fingerprint density at radius 2 is 2.21 bits per heavy atom. The van der Waals surface area contributed by atoms with Gasteiger partial charge < -0.3 is 9.40 Å². The topological polar surface area (TPSA) is 26.5 Å². The van der Waals surface area contributed by atoms with Crippen LogP contribution in [0, 0.1) is 0 Å². The maximum absolute atomic E-state index is 4.81.